The zero-order valence-electron chi connectivity index (χ0n) is 13.7. The average Bonchev–Trinajstić information content (AvgIpc) is 2.95. The van der Waals surface area contributed by atoms with Crippen LogP contribution in [0.25, 0.3) is 0 Å². The number of hydrogen-bond acceptors (Lipinski definition) is 6. The van der Waals surface area contributed by atoms with Crippen LogP contribution in [-0.2, 0) is 14.2 Å². The van der Waals surface area contributed by atoms with Crippen LogP contribution in [0, 0.1) is 0 Å². The van der Waals surface area contributed by atoms with Gasteiger partial charge in [-0.2, -0.15) is 0 Å². The third-order valence-corrected chi connectivity index (χ3v) is 3.91. The molecule has 1 unspecified atom stereocenters. The summed E-state index contributed by atoms with van der Waals surface area (Å²) in [4.78, 5) is 24.1. The van der Waals surface area contributed by atoms with Crippen LogP contribution in [0.15, 0.2) is 60.7 Å². The standard InChI is InChI=1S/C19H17FO6/c20-15-16(26-18(22)13-9-5-2-6-10-13)14(25-19(15)23)11-24-17(21)12-7-3-1-4-8-12/h1-10,14-16,19,23H,11H2/t14-,15-,16?,19-/m1/s1. The second-order valence-electron chi connectivity index (χ2n) is 5.71. The maximum absolute atomic E-state index is 14.2. The second-order valence-corrected chi connectivity index (χ2v) is 5.71. The van der Waals surface area contributed by atoms with Crippen LogP contribution >= 0.6 is 0 Å². The molecule has 0 saturated carbocycles. The van der Waals surface area contributed by atoms with E-state index in [0.29, 0.717) is 5.56 Å². The number of rotatable bonds is 5. The summed E-state index contributed by atoms with van der Waals surface area (Å²) in [6, 6.07) is 16.3. The molecular weight excluding hydrogens is 343 g/mol. The molecule has 3 rings (SSSR count). The van der Waals surface area contributed by atoms with E-state index in [1.54, 1.807) is 48.5 Å². The largest absolute Gasteiger partial charge is 0.459 e. The highest BCUT2D eigenvalue weighted by Crippen LogP contribution is 2.26. The highest BCUT2D eigenvalue weighted by Gasteiger charge is 2.47. The molecule has 7 heteroatoms. The van der Waals surface area contributed by atoms with Crippen LogP contribution in [0.1, 0.15) is 20.7 Å². The highest BCUT2D eigenvalue weighted by atomic mass is 19.1. The minimum absolute atomic E-state index is 0.237. The van der Waals surface area contributed by atoms with Gasteiger partial charge in [0.1, 0.15) is 12.7 Å². The van der Waals surface area contributed by atoms with Gasteiger partial charge in [-0.05, 0) is 24.3 Å². The SMILES string of the molecule is O=C(OC[C@H]1O[C@@H](O)[C@H](F)C1OC(=O)c1ccccc1)c1ccccc1. The first-order valence-electron chi connectivity index (χ1n) is 8.02. The fourth-order valence-electron chi connectivity index (χ4n) is 2.56. The molecule has 4 atom stereocenters. The Morgan fingerprint density at radius 2 is 1.50 bits per heavy atom. The van der Waals surface area contributed by atoms with Gasteiger partial charge >= 0.3 is 11.9 Å². The number of carbonyl (C=O) groups excluding carboxylic acids is 2. The summed E-state index contributed by atoms with van der Waals surface area (Å²) in [5.41, 5.74) is 0.557. The van der Waals surface area contributed by atoms with Crippen molar-refractivity contribution in [2.45, 2.75) is 24.7 Å². The molecule has 0 amide bonds. The zero-order chi connectivity index (χ0) is 18.5. The molecule has 1 heterocycles. The number of ether oxygens (including phenoxy) is 3. The summed E-state index contributed by atoms with van der Waals surface area (Å²) in [7, 11) is 0. The highest BCUT2D eigenvalue weighted by molar-refractivity contribution is 5.90. The number of carbonyl (C=O) groups is 2. The second kappa shape index (κ2) is 8.07. The van der Waals surface area contributed by atoms with Gasteiger partial charge in [-0.3, -0.25) is 0 Å². The van der Waals surface area contributed by atoms with Gasteiger partial charge in [0.2, 0.25) is 0 Å². The van der Waals surface area contributed by atoms with Crippen molar-refractivity contribution in [1.82, 2.24) is 0 Å². The van der Waals surface area contributed by atoms with E-state index in [2.05, 4.69) is 0 Å². The molecule has 0 bridgehead atoms. The van der Waals surface area contributed by atoms with Crippen molar-refractivity contribution in [3.8, 4) is 0 Å². The number of alkyl halides is 1. The third-order valence-electron chi connectivity index (χ3n) is 3.91. The number of benzene rings is 2. The molecule has 136 valence electrons. The Bertz CT molecular complexity index is 751. The number of hydrogen-bond donors (Lipinski definition) is 1. The van der Waals surface area contributed by atoms with Gasteiger partial charge in [0, 0.05) is 0 Å². The van der Waals surface area contributed by atoms with Crippen LogP contribution in [0.4, 0.5) is 4.39 Å². The molecule has 2 aromatic rings. The van der Waals surface area contributed by atoms with Crippen molar-refractivity contribution < 1.29 is 33.3 Å². The van der Waals surface area contributed by atoms with Gasteiger partial charge in [-0.1, -0.05) is 36.4 Å². The van der Waals surface area contributed by atoms with Crippen LogP contribution in [0.2, 0.25) is 0 Å². The lowest BCUT2D eigenvalue weighted by atomic mass is 10.1. The van der Waals surface area contributed by atoms with Crippen LogP contribution in [-0.4, -0.2) is 48.3 Å². The average molecular weight is 360 g/mol. The molecule has 1 saturated heterocycles. The Labute approximate surface area is 149 Å². The Kier molecular flexibility index (Phi) is 5.60. The first kappa shape index (κ1) is 18.0. The maximum atomic E-state index is 14.2. The lowest BCUT2D eigenvalue weighted by molar-refractivity contribution is -0.122. The van der Waals surface area contributed by atoms with Crippen molar-refractivity contribution in [3.63, 3.8) is 0 Å². The van der Waals surface area contributed by atoms with E-state index in [1.807, 2.05) is 0 Å². The summed E-state index contributed by atoms with van der Waals surface area (Å²) in [6.07, 6.45) is -6.20. The van der Waals surface area contributed by atoms with Crippen LogP contribution < -0.4 is 0 Å². The molecule has 0 aromatic heterocycles. The first-order valence-corrected chi connectivity index (χ1v) is 8.02. The predicted octanol–water partition coefficient (Wildman–Crippen LogP) is 2.12. The molecule has 1 N–H and O–H groups in total. The van der Waals surface area contributed by atoms with Gasteiger partial charge in [0.05, 0.1) is 11.1 Å². The van der Waals surface area contributed by atoms with Gasteiger partial charge in [-0.15, -0.1) is 0 Å². The van der Waals surface area contributed by atoms with Crippen molar-refractivity contribution >= 4 is 11.9 Å². The Morgan fingerprint density at radius 1 is 0.962 bits per heavy atom. The van der Waals surface area contributed by atoms with E-state index in [9.17, 15) is 19.1 Å². The van der Waals surface area contributed by atoms with Crippen LogP contribution in [0.5, 0.6) is 0 Å². The zero-order valence-corrected chi connectivity index (χ0v) is 13.7. The van der Waals surface area contributed by atoms with Gasteiger partial charge in [0.25, 0.3) is 0 Å². The third kappa shape index (κ3) is 4.07. The number of aliphatic hydroxyl groups excluding tert-OH is 1. The van der Waals surface area contributed by atoms with E-state index in [4.69, 9.17) is 14.2 Å². The van der Waals surface area contributed by atoms with E-state index in [-0.39, 0.29) is 12.2 Å². The van der Waals surface area contributed by atoms with Crippen molar-refractivity contribution in [3.05, 3.63) is 71.8 Å². The monoisotopic (exact) mass is 360 g/mol. The molecule has 0 aliphatic carbocycles. The van der Waals surface area contributed by atoms with Gasteiger partial charge < -0.3 is 19.3 Å². The Hall–Kier alpha value is -2.77. The molecule has 6 nitrogen and oxygen atoms in total. The molecular formula is C19H17FO6. The predicted molar refractivity (Wildman–Crippen MR) is 88.1 cm³/mol. The van der Waals surface area contributed by atoms with Crippen molar-refractivity contribution in [1.29, 1.82) is 0 Å². The Balaban J connectivity index is 1.63. The molecule has 0 spiro atoms. The molecule has 1 aliphatic heterocycles. The Morgan fingerprint density at radius 3 is 2.08 bits per heavy atom. The van der Waals surface area contributed by atoms with Crippen molar-refractivity contribution in [2.24, 2.45) is 0 Å². The van der Waals surface area contributed by atoms with Crippen molar-refractivity contribution in [2.75, 3.05) is 6.61 Å². The van der Waals surface area contributed by atoms with E-state index in [1.165, 1.54) is 12.1 Å². The minimum atomic E-state index is -1.94. The number of esters is 2. The fourth-order valence-corrected chi connectivity index (χ4v) is 2.56. The summed E-state index contributed by atoms with van der Waals surface area (Å²) >= 11 is 0. The summed E-state index contributed by atoms with van der Waals surface area (Å²) < 4.78 is 29.4. The molecule has 2 aromatic carbocycles. The van der Waals surface area contributed by atoms with Crippen LogP contribution in [0.3, 0.4) is 0 Å². The van der Waals surface area contributed by atoms with E-state index in [0.717, 1.165) is 0 Å². The molecule has 1 fully saturated rings. The lowest BCUT2D eigenvalue weighted by Crippen LogP contribution is -2.37. The van der Waals surface area contributed by atoms with Gasteiger partial charge in [0.15, 0.2) is 18.6 Å². The summed E-state index contributed by atoms with van der Waals surface area (Å²) in [6.45, 7) is -0.363. The lowest BCUT2D eigenvalue weighted by Gasteiger charge is -2.19. The van der Waals surface area contributed by atoms with E-state index < -0.39 is 36.6 Å². The topological polar surface area (TPSA) is 82.1 Å². The molecule has 26 heavy (non-hydrogen) atoms. The number of halogens is 1. The quantitative estimate of drug-likeness (QED) is 0.823. The number of aliphatic hydroxyl groups is 1. The maximum Gasteiger partial charge on any atom is 0.338 e. The summed E-state index contributed by atoms with van der Waals surface area (Å²) in [5.74, 6) is -1.38. The molecule has 1 aliphatic rings. The van der Waals surface area contributed by atoms with E-state index >= 15 is 0 Å². The summed E-state index contributed by atoms with van der Waals surface area (Å²) in [5, 5.41) is 9.58. The normalized spacial score (nSPS) is 24.8. The molecule has 0 radical (unpaired) electrons. The minimum Gasteiger partial charge on any atom is -0.459 e. The first-order chi connectivity index (χ1) is 12.6. The van der Waals surface area contributed by atoms with Gasteiger partial charge in [-0.25, -0.2) is 14.0 Å². The fraction of sp³-hybridized carbons (Fsp3) is 0.263. The smallest absolute Gasteiger partial charge is 0.338 e.